The van der Waals surface area contributed by atoms with Crippen molar-refractivity contribution in [2.45, 2.75) is 19.4 Å². The van der Waals surface area contributed by atoms with E-state index in [-0.39, 0.29) is 6.04 Å². The van der Waals surface area contributed by atoms with Crippen LogP contribution in [-0.4, -0.2) is 26.8 Å². The van der Waals surface area contributed by atoms with E-state index in [0.717, 1.165) is 12.1 Å². The number of aromatic nitrogens is 4. The molecule has 1 atom stereocenters. The van der Waals surface area contributed by atoms with Crippen LogP contribution in [0.5, 0.6) is 0 Å². The van der Waals surface area contributed by atoms with Gasteiger partial charge in [-0.05, 0) is 35.5 Å². The van der Waals surface area contributed by atoms with Gasteiger partial charge in [0.25, 0.3) is 0 Å². The van der Waals surface area contributed by atoms with E-state index >= 15 is 0 Å². The molecule has 19 heavy (non-hydrogen) atoms. The SMILES string of the molecule is CCNC(Cc1nnn(C)n1)c1cc(Cl)ccc1Cl. The summed E-state index contributed by atoms with van der Waals surface area (Å²) in [4.78, 5) is 1.44. The molecule has 0 amide bonds. The molecule has 0 bridgehead atoms. The van der Waals surface area contributed by atoms with Crippen LogP contribution in [0.1, 0.15) is 24.4 Å². The summed E-state index contributed by atoms with van der Waals surface area (Å²) in [6.45, 7) is 2.85. The quantitative estimate of drug-likeness (QED) is 0.921. The predicted molar refractivity (Wildman–Crippen MR) is 75.4 cm³/mol. The summed E-state index contributed by atoms with van der Waals surface area (Å²) in [6, 6.07) is 5.46. The number of hydrogen-bond acceptors (Lipinski definition) is 4. The Bertz CT molecular complexity index is 555. The number of benzene rings is 1. The molecule has 0 fully saturated rings. The van der Waals surface area contributed by atoms with E-state index in [1.807, 2.05) is 13.0 Å². The molecule has 1 N–H and O–H groups in total. The summed E-state index contributed by atoms with van der Waals surface area (Å²) in [5.41, 5.74) is 0.948. The lowest BCUT2D eigenvalue weighted by molar-refractivity contribution is 0.535. The van der Waals surface area contributed by atoms with Crippen LogP contribution in [0.3, 0.4) is 0 Å². The van der Waals surface area contributed by atoms with Crippen molar-refractivity contribution in [3.63, 3.8) is 0 Å². The van der Waals surface area contributed by atoms with Gasteiger partial charge in [-0.1, -0.05) is 30.1 Å². The van der Waals surface area contributed by atoms with Crippen LogP contribution in [-0.2, 0) is 13.5 Å². The lowest BCUT2D eigenvalue weighted by Gasteiger charge is -2.18. The Morgan fingerprint density at radius 2 is 2.16 bits per heavy atom. The first-order valence-corrected chi connectivity index (χ1v) is 6.77. The number of likely N-dealkylation sites (N-methyl/N-ethyl adjacent to an activating group) is 1. The minimum absolute atomic E-state index is 0.0143. The molecule has 1 heterocycles. The summed E-state index contributed by atoms with van der Waals surface area (Å²) >= 11 is 12.3. The average Bonchev–Trinajstić information content (AvgIpc) is 2.77. The molecule has 1 aromatic heterocycles. The van der Waals surface area contributed by atoms with Crippen molar-refractivity contribution in [3.8, 4) is 0 Å². The molecule has 0 aliphatic carbocycles. The molecule has 0 radical (unpaired) electrons. The van der Waals surface area contributed by atoms with Gasteiger partial charge in [-0.3, -0.25) is 0 Å². The summed E-state index contributed by atoms with van der Waals surface area (Å²) in [5, 5.41) is 16.7. The van der Waals surface area contributed by atoms with Crippen molar-refractivity contribution in [1.82, 2.24) is 25.5 Å². The first-order chi connectivity index (χ1) is 9.10. The van der Waals surface area contributed by atoms with Crippen LogP contribution >= 0.6 is 23.2 Å². The van der Waals surface area contributed by atoms with Crippen LogP contribution < -0.4 is 5.32 Å². The van der Waals surface area contributed by atoms with Crippen LogP contribution in [0.4, 0.5) is 0 Å². The molecule has 5 nitrogen and oxygen atoms in total. The number of rotatable bonds is 5. The molecule has 2 rings (SSSR count). The number of aryl methyl sites for hydroxylation is 1. The minimum Gasteiger partial charge on any atom is -0.310 e. The van der Waals surface area contributed by atoms with E-state index in [0.29, 0.717) is 22.3 Å². The third kappa shape index (κ3) is 3.65. The van der Waals surface area contributed by atoms with Crippen molar-refractivity contribution in [2.75, 3.05) is 6.54 Å². The molecular formula is C12H15Cl2N5. The van der Waals surface area contributed by atoms with Crippen molar-refractivity contribution in [1.29, 1.82) is 0 Å². The highest BCUT2D eigenvalue weighted by molar-refractivity contribution is 6.33. The first kappa shape index (κ1) is 14.2. The van der Waals surface area contributed by atoms with Crippen LogP contribution in [0.2, 0.25) is 10.0 Å². The fourth-order valence-electron chi connectivity index (χ4n) is 1.91. The molecule has 0 saturated heterocycles. The topological polar surface area (TPSA) is 55.6 Å². The second-order valence-corrected chi connectivity index (χ2v) is 5.02. The van der Waals surface area contributed by atoms with E-state index in [4.69, 9.17) is 23.2 Å². The number of tetrazole rings is 1. The van der Waals surface area contributed by atoms with Crippen molar-refractivity contribution >= 4 is 23.2 Å². The molecule has 0 aliphatic heterocycles. The fourth-order valence-corrected chi connectivity index (χ4v) is 2.34. The zero-order valence-corrected chi connectivity index (χ0v) is 12.3. The summed E-state index contributed by atoms with van der Waals surface area (Å²) in [5.74, 6) is 0.671. The Morgan fingerprint density at radius 1 is 1.37 bits per heavy atom. The smallest absolute Gasteiger partial charge is 0.176 e. The molecule has 0 saturated carbocycles. The lowest BCUT2D eigenvalue weighted by atomic mass is 10.0. The Kier molecular flexibility index (Phi) is 4.74. The maximum absolute atomic E-state index is 6.24. The van der Waals surface area contributed by atoms with Crippen molar-refractivity contribution in [3.05, 3.63) is 39.6 Å². The molecule has 102 valence electrons. The molecule has 0 aliphatic rings. The standard InChI is InChI=1S/C12H15Cl2N5/c1-3-15-11(7-12-16-18-19(2)17-12)9-6-8(13)4-5-10(9)14/h4-6,11,15H,3,7H2,1-2H3. The van der Waals surface area contributed by atoms with Crippen molar-refractivity contribution in [2.24, 2.45) is 7.05 Å². The number of hydrogen-bond donors (Lipinski definition) is 1. The highest BCUT2D eigenvalue weighted by Gasteiger charge is 2.17. The van der Waals surface area contributed by atoms with E-state index in [1.54, 1.807) is 19.2 Å². The molecule has 1 unspecified atom stereocenters. The maximum Gasteiger partial charge on any atom is 0.176 e. The van der Waals surface area contributed by atoms with Crippen molar-refractivity contribution < 1.29 is 0 Å². The average molecular weight is 300 g/mol. The summed E-state index contributed by atoms with van der Waals surface area (Å²) in [6.07, 6.45) is 0.613. The Labute approximate surface area is 121 Å². The van der Waals surface area contributed by atoms with Gasteiger partial charge in [-0.25, -0.2) is 0 Å². The highest BCUT2D eigenvalue weighted by atomic mass is 35.5. The predicted octanol–water partition coefficient (Wildman–Crippen LogP) is 2.41. The summed E-state index contributed by atoms with van der Waals surface area (Å²) < 4.78 is 0. The van der Waals surface area contributed by atoms with Gasteiger partial charge in [0.05, 0.1) is 7.05 Å². The van der Waals surface area contributed by atoms with Gasteiger partial charge in [0, 0.05) is 22.5 Å². The Morgan fingerprint density at radius 3 is 2.79 bits per heavy atom. The molecule has 7 heteroatoms. The maximum atomic E-state index is 6.24. The van der Waals surface area contributed by atoms with Crippen LogP contribution in [0.15, 0.2) is 18.2 Å². The van der Waals surface area contributed by atoms with Gasteiger partial charge < -0.3 is 5.32 Å². The van der Waals surface area contributed by atoms with Gasteiger partial charge in [0.15, 0.2) is 5.82 Å². The lowest BCUT2D eigenvalue weighted by Crippen LogP contribution is -2.23. The van der Waals surface area contributed by atoms with E-state index < -0.39 is 0 Å². The minimum atomic E-state index is 0.0143. The van der Waals surface area contributed by atoms with Gasteiger partial charge in [-0.15, -0.1) is 10.2 Å². The zero-order chi connectivity index (χ0) is 13.8. The Balaban J connectivity index is 2.26. The number of halogens is 2. The normalized spacial score (nSPS) is 12.6. The van der Waals surface area contributed by atoms with Crippen LogP contribution in [0, 0.1) is 0 Å². The molecular weight excluding hydrogens is 285 g/mol. The van der Waals surface area contributed by atoms with Gasteiger partial charge >= 0.3 is 0 Å². The molecule has 0 spiro atoms. The third-order valence-corrected chi connectivity index (χ3v) is 3.30. The number of nitrogens with zero attached hydrogens (tertiary/aromatic N) is 4. The van der Waals surface area contributed by atoms with Gasteiger partial charge in [0.1, 0.15) is 0 Å². The molecule has 2 aromatic rings. The zero-order valence-electron chi connectivity index (χ0n) is 10.8. The fraction of sp³-hybridized carbons (Fsp3) is 0.417. The second kappa shape index (κ2) is 6.32. The first-order valence-electron chi connectivity index (χ1n) is 6.01. The largest absolute Gasteiger partial charge is 0.310 e. The number of nitrogens with one attached hydrogen (secondary N) is 1. The Hall–Kier alpha value is -1.17. The third-order valence-electron chi connectivity index (χ3n) is 2.72. The van der Waals surface area contributed by atoms with E-state index in [1.165, 1.54) is 4.80 Å². The summed E-state index contributed by atoms with van der Waals surface area (Å²) in [7, 11) is 1.74. The highest BCUT2D eigenvalue weighted by Crippen LogP contribution is 2.27. The van der Waals surface area contributed by atoms with E-state index in [9.17, 15) is 0 Å². The van der Waals surface area contributed by atoms with Crippen LogP contribution in [0.25, 0.3) is 0 Å². The van der Waals surface area contributed by atoms with E-state index in [2.05, 4.69) is 20.7 Å². The van der Waals surface area contributed by atoms with Gasteiger partial charge in [-0.2, -0.15) is 4.80 Å². The second-order valence-electron chi connectivity index (χ2n) is 4.18. The van der Waals surface area contributed by atoms with Gasteiger partial charge in [0.2, 0.25) is 0 Å². The monoisotopic (exact) mass is 299 g/mol. The molecule has 1 aromatic carbocycles.